The van der Waals surface area contributed by atoms with E-state index in [0.29, 0.717) is 11.1 Å². The number of hydrogen-bond acceptors (Lipinski definition) is 3. The second-order valence-electron chi connectivity index (χ2n) is 4.01. The minimum atomic E-state index is -3.56. The van der Waals surface area contributed by atoms with E-state index in [0.717, 1.165) is 10.0 Å². The Labute approximate surface area is 124 Å². The summed E-state index contributed by atoms with van der Waals surface area (Å²) in [4.78, 5) is 0.211. The van der Waals surface area contributed by atoms with E-state index in [-0.39, 0.29) is 10.9 Å². The van der Waals surface area contributed by atoms with Crippen molar-refractivity contribution in [3.05, 3.63) is 26.6 Å². The van der Waals surface area contributed by atoms with Crippen molar-refractivity contribution in [3.63, 3.8) is 0 Å². The molecule has 0 saturated heterocycles. The van der Waals surface area contributed by atoms with Crippen LogP contribution in [0, 0.1) is 6.92 Å². The van der Waals surface area contributed by atoms with Gasteiger partial charge in [0, 0.05) is 22.1 Å². The van der Waals surface area contributed by atoms with Crippen molar-refractivity contribution in [2.24, 2.45) is 0 Å². The van der Waals surface area contributed by atoms with Crippen molar-refractivity contribution in [2.75, 3.05) is 13.7 Å². The van der Waals surface area contributed by atoms with Crippen LogP contribution in [0.5, 0.6) is 0 Å². The Bertz CT molecular complexity index is 531. The van der Waals surface area contributed by atoms with Crippen molar-refractivity contribution in [1.82, 2.24) is 4.72 Å². The molecule has 0 aliphatic carbocycles. The average Bonchev–Trinajstić information content (AvgIpc) is 2.22. The summed E-state index contributed by atoms with van der Waals surface area (Å²) >= 11 is 6.61. The van der Waals surface area contributed by atoms with Gasteiger partial charge in [-0.25, -0.2) is 13.1 Å². The van der Waals surface area contributed by atoms with Crippen LogP contribution in [0.3, 0.4) is 0 Å². The highest BCUT2D eigenvalue weighted by Gasteiger charge is 2.21. The van der Waals surface area contributed by atoms with Crippen molar-refractivity contribution in [3.8, 4) is 0 Å². The molecular weight excluding hydrogens is 386 g/mol. The molecule has 0 heterocycles. The zero-order chi connectivity index (χ0) is 13.9. The molecule has 4 nitrogen and oxygen atoms in total. The Hall–Kier alpha value is 0.0500. The first-order valence-corrected chi connectivity index (χ1v) is 8.31. The molecule has 0 radical (unpaired) electrons. The molecule has 0 fully saturated rings. The molecule has 1 unspecified atom stereocenters. The fourth-order valence-corrected chi connectivity index (χ4v) is 4.35. The second-order valence-corrected chi connectivity index (χ2v) is 7.40. The number of rotatable bonds is 5. The highest BCUT2D eigenvalue weighted by Crippen LogP contribution is 2.28. The lowest BCUT2D eigenvalue weighted by Crippen LogP contribution is -2.35. The first kappa shape index (κ1) is 16.1. The molecule has 1 N–H and O–H groups in total. The number of sulfonamides is 1. The lowest BCUT2D eigenvalue weighted by Gasteiger charge is -2.15. The average molecular weight is 401 g/mol. The van der Waals surface area contributed by atoms with Gasteiger partial charge in [-0.1, -0.05) is 15.9 Å². The fraction of sp³-hybridized carbons (Fsp3) is 0.455. The predicted octanol–water partition coefficient (Wildman–Crippen LogP) is 2.83. The largest absolute Gasteiger partial charge is 0.383 e. The molecule has 102 valence electrons. The number of methoxy groups -OCH3 is 1. The highest BCUT2D eigenvalue weighted by atomic mass is 79.9. The molecule has 0 aliphatic heterocycles. The summed E-state index contributed by atoms with van der Waals surface area (Å²) in [6, 6.07) is 3.06. The molecule has 1 aromatic rings. The lowest BCUT2D eigenvalue weighted by molar-refractivity contribution is 0.180. The summed E-state index contributed by atoms with van der Waals surface area (Å²) in [5.74, 6) is 0. The summed E-state index contributed by atoms with van der Waals surface area (Å²) < 4.78 is 33.1. The van der Waals surface area contributed by atoms with Gasteiger partial charge in [0.05, 0.1) is 11.5 Å². The maximum absolute atomic E-state index is 12.2. The first-order chi connectivity index (χ1) is 8.27. The molecule has 0 saturated carbocycles. The Balaban J connectivity index is 3.09. The summed E-state index contributed by atoms with van der Waals surface area (Å²) in [5, 5.41) is 0. The molecule has 0 aromatic heterocycles. The number of ether oxygens (including phenoxy) is 1. The molecule has 1 rings (SSSR count). The van der Waals surface area contributed by atoms with Crippen LogP contribution in [-0.4, -0.2) is 28.2 Å². The van der Waals surface area contributed by atoms with Gasteiger partial charge in [-0.05, 0) is 47.5 Å². The quantitative estimate of drug-likeness (QED) is 0.826. The van der Waals surface area contributed by atoms with Crippen LogP contribution in [0.4, 0.5) is 0 Å². The summed E-state index contributed by atoms with van der Waals surface area (Å²) in [7, 11) is -2.03. The van der Waals surface area contributed by atoms with Gasteiger partial charge in [-0.3, -0.25) is 0 Å². The number of nitrogens with one attached hydrogen (secondary N) is 1. The Morgan fingerprint density at radius 2 is 1.94 bits per heavy atom. The van der Waals surface area contributed by atoms with E-state index in [4.69, 9.17) is 4.74 Å². The highest BCUT2D eigenvalue weighted by molar-refractivity contribution is 9.11. The maximum atomic E-state index is 12.2. The first-order valence-electron chi connectivity index (χ1n) is 5.25. The van der Waals surface area contributed by atoms with E-state index in [1.54, 1.807) is 19.1 Å². The third-order valence-electron chi connectivity index (χ3n) is 2.28. The van der Waals surface area contributed by atoms with E-state index in [1.165, 1.54) is 7.11 Å². The third kappa shape index (κ3) is 4.03. The minimum Gasteiger partial charge on any atom is -0.383 e. The summed E-state index contributed by atoms with van der Waals surface area (Å²) in [6.07, 6.45) is 0. The van der Waals surface area contributed by atoms with Gasteiger partial charge in [0.25, 0.3) is 0 Å². The third-order valence-corrected chi connectivity index (χ3v) is 5.68. The van der Waals surface area contributed by atoms with Gasteiger partial charge < -0.3 is 4.74 Å². The number of benzene rings is 1. The number of aryl methyl sites for hydroxylation is 1. The van der Waals surface area contributed by atoms with E-state index in [2.05, 4.69) is 36.6 Å². The Morgan fingerprint density at radius 1 is 1.33 bits per heavy atom. The van der Waals surface area contributed by atoms with Crippen molar-refractivity contribution < 1.29 is 13.2 Å². The normalized spacial score (nSPS) is 13.6. The van der Waals surface area contributed by atoms with Crippen LogP contribution in [0.2, 0.25) is 0 Å². The molecule has 0 spiro atoms. The van der Waals surface area contributed by atoms with Gasteiger partial charge in [0.15, 0.2) is 0 Å². The van der Waals surface area contributed by atoms with Crippen molar-refractivity contribution >= 4 is 41.9 Å². The van der Waals surface area contributed by atoms with Gasteiger partial charge >= 0.3 is 0 Å². The maximum Gasteiger partial charge on any atom is 0.242 e. The molecule has 0 amide bonds. The van der Waals surface area contributed by atoms with E-state index in [9.17, 15) is 8.42 Å². The van der Waals surface area contributed by atoms with Crippen LogP contribution < -0.4 is 4.72 Å². The van der Waals surface area contributed by atoms with E-state index >= 15 is 0 Å². The van der Waals surface area contributed by atoms with Crippen LogP contribution >= 0.6 is 31.9 Å². The topological polar surface area (TPSA) is 55.4 Å². The van der Waals surface area contributed by atoms with Gasteiger partial charge in [-0.15, -0.1) is 0 Å². The smallest absolute Gasteiger partial charge is 0.242 e. The van der Waals surface area contributed by atoms with E-state index in [1.807, 2.05) is 6.92 Å². The molecule has 0 aliphatic rings. The SMILES string of the molecule is COCC(C)NS(=O)(=O)c1cc(Br)c(C)cc1Br. The second kappa shape index (κ2) is 6.47. The van der Waals surface area contributed by atoms with E-state index < -0.39 is 10.0 Å². The summed E-state index contributed by atoms with van der Waals surface area (Å²) in [6.45, 7) is 3.97. The van der Waals surface area contributed by atoms with Crippen LogP contribution in [0.1, 0.15) is 12.5 Å². The molecular formula is C11H15Br2NO3S. The molecule has 1 aromatic carbocycles. The molecule has 7 heteroatoms. The summed E-state index contributed by atoms with van der Waals surface area (Å²) in [5.41, 5.74) is 0.964. The minimum absolute atomic E-state index is 0.211. The van der Waals surface area contributed by atoms with Crippen LogP contribution in [0.15, 0.2) is 26.0 Å². The van der Waals surface area contributed by atoms with Crippen molar-refractivity contribution in [2.45, 2.75) is 24.8 Å². The zero-order valence-corrected chi connectivity index (χ0v) is 14.3. The lowest BCUT2D eigenvalue weighted by atomic mass is 10.2. The molecule has 1 atom stereocenters. The Kier molecular flexibility index (Phi) is 5.79. The van der Waals surface area contributed by atoms with Gasteiger partial charge in [0.2, 0.25) is 10.0 Å². The van der Waals surface area contributed by atoms with Crippen molar-refractivity contribution in [1.29, 1.82) is 0 Å². The predicted molar refractivity (Wildman–Crippen MR) is 78.2 cm³/mol. The Morgan fingerprint density at radius 3 is 2.50 bits per heavy atom. The fourth-order valence-electron chi connectivity index (χ4n) is 1.45. The molecule has 18 heavy (non-hydrogen) atoms. The van der Waals surface area contributed by atoms with Gasteiger partial charge in [-0.2, -0.15) is 0 Å². The van der Waals surface area contributed by atoms with Crippen LogP contribution in [0.25, 0.3) is 0 Å². The zero-order valence-electron chi connectivity index (χ0n) is 10.3. The van der Waals surface area contributed by atoms with Crippen LogP contribution in [-0.2, 0) is 14.8 Å². The monoisotopic (exact) mass is 399 g/mol. The number of halogens is 2. The van der Waals surface area contributed by atoms with Gasteiger partial charge in [0.1, 0.15) is 0 Å². The molecule has 0 bridgehead atoms. The number of hydrogen-bond donors (Lipinski definition) is 1. The standard InChI is InChI=1S/C11H15Br2NO3S/c1-7-4-10(13)11(5-9(7)12)18(15,16)14-8(2)6-17-3/h4-5,8,14H,6H2,1-3H3.